The molecule has 1 aromatic carbocycles. The smallest absolute Gasteiger partial charge is 0.227 e. The van der Waals surface area contributed by atoms with E-state index in [2.05, 4.69) is 0 Å². The van der Waals surface area contributed by atoms with E-state index in [4.69, 9.17) is 4.74 Å². The average molecular weight is 305 g/mol. The van der Waals surface area contributed by atoms with Crippen LogP contribution < -0.4 is 0 Å². The lowest BCUT2D eigenvalue weighted by molar-refractivity contribution is -0.135. The van der Waals surface area contributed by atoms with Crippen LogP contribution in [0.4, 0.5) is 4.39 Å². The Balaban J connectivity index is 1.69. The molecule has 2 saturated heterocycles. The highest BCUT2D eigenvalue weighted by atomic mass is 19.1. The molecule has 0 spiro atoms. The maximum absolute atomic E-state index is 13.9. The van der Waals surface area contributed by atoms with Gasteiger partial charge in [0.2, 0.25) is 5.91 Å². The van der Waals surface area contributed by atoms with E-state index in [0.29, 0.717) is 5.56 Å². The molecular weight excluding hydrogens is 281 g/mol. The normalized spacial score (nSPS) is 25.5. The van der Waals surface area contributed by atoms with Crippen molar-refractivity contribution in [2.24, 2.45) is 0 Å². The van der Waals surface area contributed by atoms with Crippen LogP contribution in [0.15, 0.2) is 18.2 Å². The molecule has 0 bridgehead atoms. The minimum atomic E-state index is -0.288. The van der Waals surface area contributed by atoms with Crippen molar-refractivity contribution in [3.05, 3.63) is 35.1 Å². The zero-order valence-corrected chi connectivity index (χ0v) is 13.2. The Labute approximate surface area is 131 Å². The van der Waals surface area contributed by atoms with Crippen molar-refractivity contribution in [1.29, 1.82) is 0 Å². The fourth-order valence-electron chi connectivity index (χ4n) is 3.66. The van der Waals surface area contributed by atoms with Crippen LogP contribution in [0.3, 0.4) is 0 Å². The summed E-state index contributed by atoms with van der Waals surface area (Å²) in [6, 6.07) is 5.14. The van der Waals surface area contributed by atoms with Crippen LogP contribution >= 0.6 is 0 Å². The van der Waals surface area contributed by atoms with Gasteiger partial charge in [-0.15, -0.1) is 0 Å². The molecule has 2 aliphatic rings. The number of ether oxygens (including phenoxy) is 1. The summed E-state index contributed by atoms with van der Waals surface area (Å²) in [5.74, 6) is -0.259. The number of hydrogen-bond acceptors (Lipinski definition) is 2. The largest absolute Gasteiger partial charge is 0.376 e. The molecule has 2 unspecified atom stereocenters. The van der Waals surface area contributed by atoms with Gasteiger partial charge in [0, 0.05) is 13.2 Å². The van der Waals surface area contributed by atoms with Gasteiger partial charge in [-0.2, -0.15) is 0 Å². The first kappa shape index (κ1) is 15.5. The fourth-order valence-corrected chi connectivity index (χ4v) is 3.66. The number of hydrogen-bond donors (Lipinski definition) is 0. The highest BCUT2D eigenvalue weighted by Crippen LogP contribution is 2.28. The monoisotopic (exact) mass is 305 g/mol. The molecule has 0 saturated carbocycles. The van der Waals surface area contributed by atoms with Crippen LogP contribution in [0.25, 0.3) is 0 Å². The van der Waals surface area contributed by atoms with Crippen molar-refractivity contribution in [2.75, 3.05) is 13.2 Å². The summed E-state index contributed by atoms with van der Waals surface area (Å²) < 4.78 is 19.7. The van der Waals surface area contributed by atoms with Gasteiger partial charge in [-0.3, -0.25) is 4.79 Å². The SMILES string of the molecule is Cc1ccc(F)c(CC(=O)N2CCCC2C2CCCCO2)c1. The molecule has 22 heavy (non-hydrogen) atoms. The summed E-state index contributed by atoms with van der Waals surface area (Å²) in [5.41, 5.74) is 1.48. The van der Waals surface area contributed by atoms with Crippen molar-refractivity contribution in [3.63, 3.8) is 0 Å². The first-order chi connectivity index (χ1) is 10.6. The molecule has 0 aromatic heterocycles. The van der Waals surface area contributed by atoms with E-state index >= 15 is 0 Å². The van der Waals surface area contributed by atoms with Crippen molar-refractivity contribution in [2.45, 2.75) is 57.6 Å². The van der Waals surface area contributed by atoms with Crippen molar-refractivity contribution in [3.8, 4) is 0 Å². The molecule has 0 radical (unpaired) electrons. The Bertz CT molecular complexity index is 540. The second-order valence-corrected chi connectivity index (χ2v) is 6.47. The van der Waals surface area contributed by atoms with Gasteiger partial charge in [-0.25, -0.2) is 4.39 Å². The molecule has 1 amide bonds. The van der Waals surface area contributed by atoms with Crippen LogP contribution in [0.2, 0.25) is 0 Å². The second-order valence-electron chi connectivity index (χ2n) is 6.47. The summed E-state index contributed by atoms with van der Waals surface area (Å²) in [6.45, 7) is 3.49. The van der Waals surface area contributed by atoms with Crippen LogP contribution in [-0.4, -0.2) is 36.1 Å². The maximum atomic E-state index is 13.9. The summed E-state index contributed by atoms with van der Waals surface area (Å²) in [5, 5.41) is 0. The number of carbonyl (C=O) groups is 1. The second kappa shape index (κ2) is 6.78. The Morgan fingerprint density at radius 3 is 2.95 bits per heavy atom. The quantitative estimate of drug-likeness (QED) is 0.858. The molecule has 120 valence electrons. The molecular formula is C18H24FNO2. The van der Waals surface area contributed by atoms with E-state index in [-0.39, 0.29) is 30.3 Å². The van der Waals surface area contributed by atoms with E-state index in [9.17, 15) is 9.18 Å². The van der Waals surface area contributed by atoms with Crippen molar-refractivity contribution < 1.29 is 13.9 Å². The molecule has 0 aliphatic carbocycles. The molecule has 3 rings (SSSR count). The number of likely N-dealkylation sites (tertiary alicyclic amines) is 1. The number of rotatable bonds is 3. The van der Waals surface area contributed by atoms with Gasteiger partial charge in [0.15, 0.2) is 0 Å². The molecule has 4 heteroatoms. The number of halogens is 1. The van der Waals surface area contributed by atoms with Crippen LogP contribution in [-0.2, 0) is 16.0 Å². The third-order valence-electron chi connectivity index (χ3n) is 4.81. The van der Waals surface area contributed by atoms with Gasteiger partial charge in [0.25, 0.3) is 0 Å². The number of benzene rings is 1. The molecule has 2 heterocycles. The first-order valence-electron chi connectivity index (χ1n) is 8.31. The summed E-state index contributed by atoms with van der Waals surface area (Å²) in [4.78, 5) is 14.6. The predicted octanol–water partition coefficient (Wildman–Crippen LogP) is 3.24. The Morgan fingerprint density at radius 2 is 2.18 bits per heavy atom. The molecule has 1 aromatic rings. The molecule has 3 nitrogen and oxygen atoms in total. The average Bonchev–Trinajstić information content (AvgIpc) is 3.01. The predicted molar refractivity (Wildman–Crippen MR) is 83.2 cm³/mol. The molecule has 2 aliphatic heterocycles. The van der Waals surface area contributed by atoms with Crippen LogP contribution in [0, 0.1) is 12.7 Å². The van der Waals surface area contributed by atoms with Gasteiger partial charge in [-0.05, 0) is 50.7 Å². The van der Waals surface area contributed by atoms with E-state index in [1.807, 2.05) is 11.8 Å². The van der Waals surface area contributed by atoms with E-state index in [1.165, 1.54) is 12.5 Å². The Hall–Kier alpha value is -1.42. The van der Waals surface area contributed by atoms with Gasteiger partial charge in [-0.1, -0.05) is 17.7 Å². The standard InChI is InChI=1S/C18H24FNO2/c1-13-7-8-15(19)14(11-13)12-18(21)20-9-4-5-16(20)17-6-2-3-10-22-17/h7-8,11,16-17H,2-6,9-10,12H2,1H3. The summed E-state index contributed by atoms with van der Waals surface area (Å²) in [6.07, 6.45) is 5.67. The lowest BCUT2D eigenvalue weighted by atomic mass is 9.99. The van der Waals surface area contributed by atoms with E-state index < -0.39 is 0 Å². The number of aryl methyl sites for hydroxylation is 1. The summed E-state index contributed by atoms with van der Waals surface area (Å²) in [7, 11) is 0. The molecule has 2 fully saturated rings. The lowest BCUT2D eigenvalue weighted by Gasteiger charge is -2.34. The topological polar surface area (TPSA) is 29.5 Å². The summed E-state index contributed by atoms with van der Waals surface area (Å²) >= 11 is 0. The van der Waals surface area contributed by atoms with Crippen LogP contribution in [0.1, 0.15) is 43.2 Å². The minimum absolute atomic E-state index is 0.0289. The number of amides is 1. The lowest BCUT2D eigenvalue weighted by Crippen LogP contribution is -2.45. The third-order valence-corrected chi connectivity index (χ3v) is 4.81. The van der Waals surface area contributed by atoms with E-state index in [0.717, 1.165) is 44.4 Å². The van der Waals surface area contributed by atoms with Crippen molar-refractivity contribution in [1.82, 2.24) is 4.90 Å². The van der Waals surface area contributed by atoms with Crippen molar-refractivity contribution >= 4 is 5.91 Å². The van der Waals surface area contributed by atoms with Gasteiger partial charge in [0.1, 0.15) is 5.82 Å². The zero-order chi connectivity index (χ0) is 15.5. The van der Waals surface area contributed by atoms with Crippen LogP contribution in [0.5, 0.6) is 0 Å². The number of carbonyl (C=O) groups excluding carboxylic acids is 1. The molecule has 0 N–H and O–H groups in total. The maximum Gasteiger partial charge on any atom is 0.227 e. The highest BCUT2D eigenvalue weighted by Gasteiger charge is 2.36. The van der Waals surface area contributed by atoms with Gasteiger partial charge >= 0.3 is 0 Å². The third kappa shape index (κ3) is 3.32. The minimum Gasteiger partial charge on any atom is -0.376 e. The highest BCUT2D eigenvalue weighted by molar-refractivity contribution is 5.79. The zero-order valence-electron chi connectivity index (χ0n) is 13.2. The first-order valence-corrected chi connectivity index (χ1v) is 8.31. The van der Waals surface area contributed by atoms with E-state index in [1.54, 1.807) is 12.1 Å². The Kier molecular flexibility index (Phi) is 4.77. The van der Waals surface area contributed by atoms with Gasteiger partial charge in [0.05, 0.1) is 18.6 Å². The fraction of sp³-hybridized carbons (Fsp3) is 0.611. The Morgan fingerprint density at radius 1 is 1.32 bits per heavy atom. The molecule has 2 atom stereocenters. The number of nitrogens with zero attached hydrogens (tertiary/aromatic N) is 1. The van der Waals surface area contributed by atoms with Gasteiger partial charge < -0.3 is 9.64 Å².